The first-order valence-electron chi connectivity index (χ1n) is 7.42. The summed E-state index contributed by atoms with van der Waals surface area (Å²) in [6.07, 6.45) is 0.636. The third kappa shape index (κ3) is 2.21. The van der Waals surface area contributed by atoms with E-state index in [4.69, 9.17) is 0 Å². The molecule has 0 aliphatic carbocycles. The molecule has 2 aromatic heterocycles. The first-order chi connectivity index (χ1) is 11.1. The fourth-order valence-electron chi connectivity index (χ4n) is 2.94. The molecule has 3 aromatic rings. The molecule has 23 heavy (non-hydrogen) atoms. The van der Waals surface area contributed by atoms with E-state index in [1.807, 2.05) is 24.3 Å². The first-order valence-corrected chi connectivity index (χ1v) is 7.42. The SMILES string of the molecule is Cn1nc2c(cc1=O)CN(C(=O)c1n[nH]c3ccccc13)CC2. The molecule has 1 amide bonds. The van der Waals surface area contributed by atoms with Gasteiger partial charge in [-0.3, -0.25) is 14.7 Å². The van der Waals surface area contributed by atoms with Crippen molar-refractivity contribution in [3.63, 3.8) is 0 Å². The Morgan fingerprint density at radius 3 is 3.00 bits per heavy atom. The molecule has 7 nitrogen and oxygen atoms in total. The number of carbonyl (C=O) groups is 1. The van der Waals surface area contributed by atoms with Crippen molar-refractivity contribution in [1.29, 1.82) is 0 Å². The second-order valence-corrected chi connectivity index (χ2v) is 5.67. The van der Waals surface area contributed by atoms with Gasteiger partial charge in [0.2, 0.25) is 0 Å². The Labute approximate surface area is 131 Å². The van der Waals surface area contributed by atoms with Gasteiger partial charge in [-0.1, -0.05) is 18.2 Å². The van der Waals surface area contributed by atoms with Crippen LogP contribution in [0.3, 0.4) is 0 Å². The van der Waals surface area contributed by atoms with E-state index >= 15 is 0 Å². The van der Waals surface area contributed by atoms with Gasteiger partial charge in [-0.15, -0.1) is 0 Å². The molecule has 0 spiro atoms. The smallest absolute Gasteiger partial charge is 0.275 e. The number of para-hydroxylation sites is 1. The molecular weight excluding hydrogens is 294 g/mol. The van der Waals surface area contributed by atoms with Crippen LogP contribution in [-0.2, 0) is 20.0 Å². The predicted octanol–water partition coefficient (Wildman–Crippen LogP) is 0.855. The minimum Gasteiger partial charge on any atom is -0.332 e. The van der Waals surface area contributed by atoms with Crippen LogP contribution < -0.4 is 5.56 Å². The fourth-order valence-corrected chi connectivity index (χ4v) is 2.94. The monoisotopic (exact) mass is 309 g/mol. The quantitative estimate of drug-likeness (QED) is 0.722. The topological polar surface area (TPSA) is 83.9 Å². The molecular formula is C16H15N5O2. The van der Waals surface area contributed by atoms with E-state index in [1.54, 1.807) is 18.0 Å². The standard InChI is InChI=1S/C16H15N5O2/c1-20-14(22)8-10-9-21(7-6-12(10)19-20)16(23)15-11-4-2-3-5-13(11)17-18-15/h2-5,8H,6-7,9H2,1H3,(H,17,18). The Bertz CT molecular complexity index is 972. The lowest BCUT2D eigenvalue weighted by Gasteiger charge is -2.27. The fraction of sp³-hybridized carbons (Fsp3) is 0.250. The highest BCUT2D eigenvalue weighted by atomic mass is 16.2. The molecule has 0 saturated heterocycles. The van der Waals surface area contributed by atoms with Gasteiger partial charge in [-0.05, 0) is 6.07 Å². The van der Waals surface area contributed by atoms with Gasteiger partial charge in [0.25, 0.3) is 11.5 Å². The van der Waals surface area contributed by atoms with Crippen LogP contribution in [0.1, 0.15) is 21.7 Å². The van der Waals surface area contributed by atoms with E-state index in [0.29, 0.717) is 25.2 Å². The largest absolute Gasteiger partial charge is 0.332 e. The van der Waals surface area contributed by atoms with Crippen LogP contribution in [-0.4, -0.2) is 37.3 Å². The lowest BCUT2D eigenvalue weighted by molar-refractivity contribution is 0.0728. The van der Waals surface area contributed by atoms with Crippen LogP contribution in [0.2, 0.25) is 0 Å². The summed E-state index contributed by atoms with van der Waals surface area (Å²) in [5.74, 6) is -0.131. The Morgan fingerprint density at radius 1 is 1.30 bits per heavy atom. The van der Waals surface area contributed by atoms with Crippen LogP contribution in [0.4, 0.5) is 0 Å². The third-order valence-electron chi connectivity index (χ3n) is 4.20. The number of hydrogen-bond acceptors (Lipinski definition) is 4. The van der Waals surface area contributed by atoms with Crippen LogP contribution in [0.25, 0.3) is 10.9 Å². The van der Waals surface area contributed by atoms with E-state index in [1.165, 1.54) is 4.68 Å². The molecule has 3 heterocycles. The Kier molecular flexibility index (Phi) is 3.00. The molecule has 0 atom stereocenters. The van der Waals surface area contributed by atoms with Gasteiger partial charge in [-0.2, -0.15) is 10.2 Å². The number of nitrogens with zero attached hydrogens (tertiary/aromatic N) is 4. The van der Waals surface area contributed by atoms with E-state index in [2.05, 4.69) is 15.3 Å². The minimum absolute atomic E-state index is 0.131. The van der Waals surface area contributed by atoms with Crippen LogP contribution in [0, 0.1) is 0 Å². The van der Waals surface area contributed by atoms with Crippen molar-refractivity contribution < 1.29 is 4.79 Å². The van der Waals surface area contributed by atoms with E-state index < -0.39 is 0 Å². The average molecular weight is 309 g/mol. The zero-order valence-corrected chi connectivity index (χ0v) is 12.6. The number of rotatable bonds is 1. The number of aromatic nitrogens is 4. The van der Waals surface area contributed by atoms with Crippen molar-refractivity contribution in [3.05, 3.63) is 57.6 Å². The number of aryl methyl sites for hydroxylation is 1. The number of aromatic amines is 1. The summed E-state index contributed by atoms with van der Waals surface area (Å²) in [5.41, 5.74) is 2.78. The summed E-state index contributed by atoms with van der Waals surface area (Å²) < 4.78 is 1.33. The molecule has 4 rings (SSSR count). The minimum atomic E-state index is -0.164. The highest BCUT2D eigenvalue weighted by molar-refractivity contribution is 6.04. The van der Waals surface area contributed by atoms with Gasteiger partial charge < -0.3 is 4.90 Å². The number of amides is 1. The lowest BCUT2D eigenvalue weighted by atomic mass is 10.1. The maximum atomic E-state index is 12.8. The van der Waals surface area contributed by atoms with Crippen molar-refractivity contribution in [2.75, 3.05) is 6.54 Å². The molecule has 1 aliphatic rings. The van der Waals surface area contributed by atoms with Crippen molar-refractivity contribution >= 4 is 16.8 Å². The maximum Gasteiger partial charge on any atom is 0.275 e. The normalized spacial score (nSPS) is 14.0. The van der Waals surface area contributed by atoms with E-state index in [-0.39, 0.29) is 11.5 Å². The second kappa shape index (κ2) is 5.05. The molecule has 0 fully saturated rings. The van der Waals surface area contributed by atoms with Crippen molar-refractivity contribution in [2.24, 2.45) is 7.05 Å². The number of hydrogen-bond donors (Lipinski definition) is 1. The molecule has 1 aromatic carbocycles. The summed E-state index contributed by atoms with van der Waals surface area (Å²) >= 11 is 0. The van der Waals surface area contributed by atoms with Gasteiger partial charge in [0.1, 0.15) is 0 Å². The molecule has 0 unspecified atom stereocenters. The number of nitrogens with one attached hydrogen (secondary N) is 1. The summed E-state index contributed by atoms with van der Waals surface area (Å²) in [4.78, 5) is 26.2. The van der Waals surface area contributed by atoms with Gasteiger partial charge >= 0.3 is 0 Å². The molecule has 1 N–H and O–H groups in total. The van der Waals surface area contributed by atoms with Gasteiger partial charge in [0.05, 0.1) is 11.2 Å². The Balaban J connectivity index is 1.68. The first kappa shape index (κ1) is 13.7. The Hall–Kier alpha value is -2.96. The summed E-state index contributed by atoms with van der Waals surface area (Å²) in [6.45, 7) is 0.955. The van der Waals surface area contributed by atoms with Gasteiger partial charge in [-0.25, -0.2) is 4.68 Å². The van der Waals surface area contributed by atoms with Crippen LogP contribution in [0.15, 0.2) is 35.1 Å². The molecule has 0 saturated carbocycles. The molecule has 7 heteroatoms. The van der Waals surface area contributed by atoms with Crippen molar-refractivity contribution in [3.8, 4) is 0 Å². The zero-order chi connectivity index (χ0) is 16.0. The number of H-pyrrole nitrogens is 1. The number of fused-ring (bicyclic) bond motifs is 2. The van der Waals surface area contributed by atoms with Gasteiger partial charge in [0.15, 0.2) is 5.69 Å². The average Bonchev–Trinajstić information content (AvgIpc) is 2.99. The lowest BCUT2D eigenvalue weighted by Crippen LogP contribution is -2.38. The molecule has 0 radical (unpaired) electrons. The van der Waals surface area contributed by atoms with E-state index in [9.17, 15) is 9.59 Å². The summed E-state index contributed by atoms with van der Waals surface area (Å²) in [6, 6.07) is 9.10. The van der Waals surface area contributed by atoms with Gasteiger partial charge in [0, 0.05) is 43.6 Å². The highest BCUT2D eigenvalue weighted by Gasteiger charge is 2.26. The molecule has 116 valence electrons. The summed E-state index contributed by atoms with van der Waals surface area (Å²) in [5, 5.41) is 12.1. The molecule has 1 aliphatic heterocycles. The van der Waals surface area contributed by atoms with Crippen LogP contribution >= 0.6 is 0 Å². The van der Waals surface area contributed by atoms with Crippen molar-refractivity contribution in [2.45, 2.75) is 13.0 Å². The van der Waals surface area contributed by atoms with Crippen LogP contribution in [0.5, 0.6) is 0 Å². The number of carbonyl (C=O) groups excluding carboxylic acids is 1. The zero-order valence-electron chi connectivity index (χ0n) is 12.6. The van der Waals surface area contributed by atoms with Crippen molar-refractivity contribution in [1.82, 2.24) is 24.9 Å². The van der Waals surface area contributed by atoms with E-state index in [0.717, 1.165) is 22.2 Å². The number of benzene rings is 1. The maximum absolute atomic E-state index is 12.8. The Morgan fingerprint density at radius 2 is 2.13 bits per heavy atom. The summed E-state index contributed by atoms with van der Waals surface area (Å²) in [7, 11) is 1.63. The third-order valence-corrected chi connectivity index (χ3v) is 4.20. The second-order valence-electron chi connectivity index (χ2n) is 5.67. The predicted molar refractivity (Wildman–Crippen MR) is 84.0 cm³/mol. The molecule has 0 bridgehead atoms. The highest BCUT2D eigenvalue weighted by Crippen LogP contribution is 2.21.